The van der Waals surface area contributed by atoms with Gasteiger partial charge in [-0.25, -0.2) is 0 Å². The van der Waals surface area contributed by atoms with Gasteiger partial charge in [0, 0.05) is 6.04 Å². The Labute approximate surface area is 78.1 Å². The Hall–Kier alpha value is -1.08. The molecule has 1 aliphatic carbocycles. The molecule has 0 heterocycles. The molecule has 1 aliphatic rings. The van der Waals surface area contributed by atoms with E-state index in [1.807, 2.05) is 0 Å². The van der Waals surface area contributed by atoms with E-state index < -0.39 is 0 Å². The molecule has 72 valence electrons. The van der Waals surface area contributed by atoms with Crippen LogP contribution in [0.25, 0.3) is 0 Å². The van der Waals surface area contributed by atoms with Gasteiger partial charge in [0.25, 0.3) is 0 Å². The zero-order valence-electron chi connectivity index (χ0n) is 7.79. The molecule has 1 rings (SSSR count). The third kappa shape index (κ3) is 2.43. The Kier molecular flexibility index (Phi) is 3.26. The monoisotopic (exact) mass is 181 g/mol. The van der Waals surface area contributed by atoms with E-state index in [0.29, 0.717) is 0 Å². The molecule has 0 aromatic heterocycles. The maximum Gasteiger partial charge on any atom is 0.234 e. The molecule has 1 fully saturated rings. The maximum absolute atomic E-state index is 10.8. The maximum atomic E-state index is 10.8. The molecule has 0 aromatic rings. The van der Waals surface area contributed by atoms with Gasteiger partial charge in [0.05, 0.1) is 18.0 Å². The van der Waals surface area contributed by atoms with E-state index in [-0.39, 0.29) is 23.9 Å². The molecule has 1 amide bonds. The van der Waals surface area contributed by atoms with Crippen LogP contribution in [0.1, 0.15) is 26.2 Å². The predicted molar refractivity (Wildman–Crippen MR) is 48.5 cm³/mol. The summed E-state index contributed by atoms with van der Waals surface area (Å²) in [6, 6.07) is 2.06. The number of amides is 1. The highest BCUT2D eigenvalue weighted by atomic mass is 16.1. The standard InChI is InChI=1S/C9H15N3O/c1-6(9(11)13)12-8-4-2-3-7(8)5-10/h6-8,12H,2-4H2,1H3,(H2,11,13). The molecule has 1 saturated carbocycles. The second-order valence-electron chi connectivity index (χ2n) is 3.56. The summed E-state index contributed by atoms with van der Waals surface area (Å²) in [5.74, 6) is -0.314. The first-order valence-electron chi connectivity index (χ1n) is 4.60. The van der Waals surface area contributed by atoms with Crippen molar-refractivity contribution in [1.82, 2.24) is 5.32 Å². The number of carbonyl (C=O) groups is 1. The summed E-state index contributed by atoms with van der Waals surface area (Å²) in [6.45, 7) is 1.73. The van der Waals surface area contributed by atoms with E-state index in [1.54, 1.807) is 6.92 Å². The zero-order valence-corrected chi connectivity index (χ0v) is 7.79. The molecule has 0 saturated heterocycles. The second-order valence-corrected chi connectivity index (χ2v) is 3.56. The first-order chi connectivity index (χ1) is 6.15. The smallest absolute Gasteiger partial charge is 0.234 e. The third-order valence-electron chi connectivity index (χ3n) is 2.57. The van der Waals surface area contributed by atoms with Gasteiger partial charge < -0.3 is 11.1 Å². The van der Waals surface area contributed by atoms with E-state index in [4.69, 9.17) is 11.0 Å². The lowest BCUT2D eigenvalue weighted by atomic mass is 10.1. The molecule has 0 aromatic carbocycles. The van der Waals surface area contributed by atoms with Gasteiger partial charge in [0.2, 0.25) is 5.91 Å². The minimum absolute atomic E-state index is 0.0433. The molecule has 4 heteroatoms. The van der Waals surface area contributed by atoms with Gasteiger partial charge in [0.1, 0.15) is 0 Å². The number of hydrogen-bond acceptors (Lipinski definition) is 3. The Morgan fingerprint density at radius 2 is 2.38 bits per heavy atom. The third-order valence-corrected chi connectivity index (χ3v) is 2.57. The lowest BCUT2D eigenvalue weighted by Crippen LogP contribution is -2.45. The molecule has 3 atom stereocenters. The fraction of sp³-hybridized carbons (Fsp3) is 0.778. The van der Waals surface area contributed by atoms with Crippen molar-refractivity contribution in [2.45, 2.75) is 38.3 Å². The Morgan fingerprint density at radius 3 is 2.92 bits per heavy atom. The van der Waals surface area contributed by atoms with Gasteiger partial charge in [-0.05, 0) is 19.8 Å². The molecule has 0 radical (unpaired) electrons. The number of nitriles is 1. The number of nitrogens with one attached hydrogen (secondary N) is 1. The van der Waals surface area contributed by atoms with Gasteiger partial charge in [-0.3, -0.25) is 4.79 Å². The molecule has 0 spiro atoms. The van der Waals surface area contributed by atoms with Crippen molar-refractivity contribution in [1.29, 1.82) is 5.26 Å². The van der Waals surface area contributed by atoms with Gasteiger partial charge in [-0.2, -0.15) is 5.26 Å². The fourth-order valence-electron chi connectivity index (χ4n) is 1.72. The summed E-state index contributed by atoms with van der Waals surface area (Å²) in [4.78, 5) is 10.8. The topological polar surface area (TPSA) is 78.9 Å². The Bertz CT molecular complexity index is 234. The number of nitrogens with zero attached hydrogens (tertiary/aromatic N) is 1. The van der Waals surface area contributed by atoms with E-state index >= 15 is 0 Å². The molecular formula is C9H15N3O. The Morgan fingerprint density at radius 1 is 1.69 bits per heavy atom. The summed E-state index contributed by atoms with van der Waals surface area (Å²) in [5, 5.41) is 11.9. The average molecular weight is 181 g/mol. The van der Waals surface area contributed by atoms with E-state index in [9.17, 15) is 4.79 Å². The lowest BCUT2D eigenvalue weighted by molar-refractivity contribution is -0.119. The molecule has 4 nitrogen and oxygen atoms in total. The summed E-state index contributed by atoms with van der Waals surface area (Å²) in [6.07, 6.45) is 2.96. The van der Waals surface area contributed by atoms with Crippen LogP contribution < -0.4 is 11.1 Å². The van der Waals surface area contributed by atoms with Crippen molar-refractivity contribution < 1.29 is 4.79 Å². The van der Waals surface area contributed by atoms with Crippen molar-refractivity contribution in [2.24, 2.45) is 11.7 Å². The van der Waals surface area contributed by atoms with Gasteiger partial charge >= 0.3 is 0 Å². The fourth-order valence-corrected chi connectivity index (χ4v) is 1.72. The lowest BCUT2D eigenvalue weighted by Gasteiger charge is -2.18. The van der Waals surface area contributed by atoms with Crippen molar-refractivity contribution >= 4 is 5.91 Å². The number of hydrogen-bond donors (Lipinski definition) is 2. The number of carbonyl (C=O) groups excluding carboxylic acids is 1. The largest absolute Gasteiger partial charge is 0.368 e. The summed E-state index contributed by atoms with van der Waals surface area (Å²) in [7, 11) is 0. The van der Waals surface area contributed by atoms with Crippen LogP contribution in [0.4, 0.5) is 0 Å². The summed E-state index contributed by atoms with van der Waals surface area (Å²) >= 11 is 0. The molecule has 3 unspecified atom stereocenters. The number of rotatable bonds is 3. The van der Waals surface area contributed by atoms with E-state index in [2.05, 4.69) is 11.4 Å². The van der Waals surface area contributed by atoms with Crippen LogP contribution in [-0.2, 0) is 4.79 Å². The minimum atomic E-state index is -0.358. The predicted octanol–water partition coefficient (Wildman–Crippen LogP) is 0.142. The van der Waals surface area contributed by atoms with E-state index in [1.165, 1.54) is 0 Å². The number of nitrogens with two attached hydrogens (primary N) is 1. The Balaban J connectivity index is 2.45. The average Bonchev–Trinajstić information content (AvgIpc) is 2.51. The van der Waals surface area contributed by atoms with E-state index in [0.717, 1.165) is 19.3 Å². The van der Waals surface area contributed by atoms with Gasteiger partial charge in [-0.15, -0.1) is 0 Å². The molecule has 13 heavy (non-hydrogen) atoms. The van der Waals surface area contributed by atoms with Crippen LogP contribution in [0.2, 0.25) is 0 Å². The van der Waals surface area contributed by atoms with Crippen LogP contribution in [0.5, 0.6) is 0 Å². The SMILES string of the molecule is CC(NC1CCCC1C#N)C(N)=O. The van der Waals surface area contributed by atoms with Crippen LogP contribution >= 0.6 is 0 Å². The highest BCUT2D eigenvalue weighted by Crippen LogP contribution is 2.24. The zero-order chi connectivity index (χ0) is 9.84. The van der Waals surface area contributed by atoms with Crippen molar-refractivity contribution in [3.05, 3.63) is 0 Å². The quantitative estimate of drug-likeness (QED) is 0.650. The van der Waals surface area contributed by atoms with Gasteiger partial charge in [-0.1, -0.05) is 6.42 Å². The normalized spacial score (nSPS) is 29.5. The number of primary amides is 1. The van der Waals surface area contributed by atoms with Crippen molar-refractivity contribution in [3.8, 4) is 6.07 Å². The first kappa shape index (κ1) is 10.0. The molecule has 0 aliphatic heterocycles. The van der Waals surface area contributed by atoms with Crippen molar-refractivity contribution in [2.75, 3.05) is 0 Å². The molecular weight excluding hydrogens is 166 g/mol. The highest BCUT2D eigenvalue weighted by Gasteiger charge is 2.28. The van der Waals surface area contributed by atoms with Crippen LogP contribution in [0, 0.1) is 17.2 Å². The van der Waals surface area contributed by atoms with Crippen LogP contribution in [-0.4, -0.2) is 18.0 Å². The first-order valence-corrected chi connectivity index (χ1v) is 4.60. The summed E-state index contributed by atoms with van der Waals surface area (Å²) in [5.41, 5.74) is 5.12. The second kappa shape index (κ2) is 4.24. The molecule has 0 bridgehead atoms. The molecule has 3 N–H and O–H groups in total. The summed E-state index contributed by atoms with van der Waals surface area (Å²) < 4.78 is 0. The highest BCUT2D eigenvalue weighted by molar-refractivity contribution is 5.79. The van der Waals surface area contributed by atoms with Crippen LogP contribution in [0.15, 0.2) is 0 Å². The van der Waals surface area contributed by atoms with Gasteiger partial charge in [0.15, 0.2) is 0 Å². The van der Waals surface area contributed by atoms with Crippen LogP contribution in [0.3, 0.4) is 0 Å². The van der Waals surface area contributed by atoms with Crippen molar-refractivity contribution in [3.63, 3.8) is 0 Å². The minimum Gasteiger partial charge on any atom is -0.368 e.